The zero-order chi connectivity index (χ0) is 8.93. The van der Waals surface area contributed by atoms with E-state index in [0.717, 1.165) is 6.42 Å². The number of hydrogen-bond acceptors (Lipinski definition) is 4. The normalized spacial score (nSPS) is 59.0. The molecule has 0 aromatic carbocycles. The Morgan fingerprint density at radius 1 is 1.33 bits per heavy atom. The maximum absolute atomic E-state index is 9.57. The maximum Gasteiger partial charge on any atom is 0.112 e. The lowest BCUT2D eigenvalue weighted by Crippen LogP contribution is -2.55. The monoisotopic (exact) mass is 174 g/mol. The molecule has 0 radical (unpaired) electrons. The zero-order valence-electron chi connectivity index (χ0n) is 6.97. The van der Waals surface area contributed by atoms with Gasteiger partial charge in [0.05, 0.1) is 12.2 Å². The fourth-order valence-electron chi connectivity index (χ4n) is 1.96. The Hall–Kier alpha value is -0.160. The van der Waals surface area contributed by atoms with E-state index in [9.17, 15) is 10.2 Å². The smallest absolute Gasteiger partial charge is 0.112 e. The van der Waals surface area contributed by atoms with Crippen molar-refractivity contribution < 1.29 is 20.1 Å². The lowest BCUT2D eigenvalue weighted by Gasteiger charge is -2.36. The van der Waals surface area contributed by atoms with Crippen molar-refractivity contribution in [1.82, 2.24) is 0 Å². The Morgan fingerprint density at radius 2 is 1.92 bits per heavy atom. The minimum absolute atomic E-state index is 0.128. The fourth-order valence-corrected chi connectivity index (χ4v) is 1.96. The maximum atomic E-state index is 9.57. The van der Waals surface area contributed by atoms with E-state index >= 15 is 0 Å². The highest BCUT2D eigenvalue weighted by atomic mass is 16.5. The van der Waals surface area contributed by atoms with Crippen LogP contribution in [0.15, 0.2) is 0 Å². The first-order valence-corrected chi connectivity index (χ1v) is 4.26. The van der Waals surface area contributed by atoms with Gasteiger partial charge in [0.2, 0.25) is 0 Å². The second kappa shape index (κ2) is 2.42. The van der Waals surface area contributed by atoms with Crippen LogP contribution in [0, 0.1) is 5.92 Å². The van der Waals surface area contributed by atoms with E-state index in [-0.39, 0.29) is 12.5 Å². The van der Waals surface area contributed by atoms with E-state index in [1.54, 1.807) is 0 Å². The highest BCUT2D eigenvalue weighted by Crippen LogP contribution is 2.51. The summed E-state index contributed by atoms with van der Waals surface area (Å²) >= 11 is 0. The van der Waals surface area contributed by atoms with Crippen molar-refractivity contribution in [2.24, 2.45) is 5.92 Å². The SMILES string of the molecule is CC1CC12OCC(O)C(O)C2O. The van der Waals surface area contributed by atoms with Crippen molar-refractivity contribution in [1.29, 1.82) is 0 Å². The Balaban J connectivity index is 2.11. The highest BCUT2D eigenvalue weighted by molar-refractivity contribution is 5.12. The van der Waals surface area contributed by atoms with Gasteiger partial charge >= 0.3 is 0 Å². The van der Waals surface area contributed by atoms with Crippen molar-refractivity contribution in [3.63, 3.8) is 0 Å². The van der Waals surface area contributed by atoms with Gasteiger partial charge in [0, 0.05) is 0 Å². The van der Waals surface area contributed by atoms with E-state index in [0.29, 0.717) is 0 Å². The summed E-state index contributed by atoms with van der Waals surface area (Å²) in [6, 6.07) is 0. The molecule has 2 rings (SSSR count). The van der Waals surface area contributed by atoms with Gasteiger partial charge in [0.15, 0.2) is 0 Å². The minimum atomic E-state index is -1.05. The van der Waals surface area contributed by atoms with Gasteiger partial charge in [0.25, 0.3) is 0 Å². The lowest BCUT2D eigenvalue weighted by atomic mass is 9.97. The van der Waals surface area contributed by atoms with E-state index in [1.165, 1.54) is 0 Å². The summed E-state index contributed by atoms with van der Waals surface area (Å²) in [5.41, 5.74) is -0.557. The molecule has 2 fully saturated rings. The Labute approximate surface area is 70.8 Å². The van der Waals surface area contributed by atoms with Crippen LogP contribution in [0.4, 0.5) is 0 Å². The van der Waals surface area contributed by atoms with Crippen molar-refractivity contribution in [2.45, 2.75) is 37.3 Å². The summed E-state index contributed by atoms with van der Waals surface area (Å²) in [6.07, 6.45) is -2.16. The Kier molecular flexibility index (Phi) is 1.70. The molecular formula is C8H14O4. The van der Waals surface area contributed by atoms with Crippen LogP contribution in [0.2, 0.25) is 0 Å². The summed E-state index contributed by atoms with van der Waals surface area (Å²) in [5.74, 6) is 0.287. The average molecular weight is 174 g/mol. The van der Waals surface area contributed by atoms with Gasteiger partial charge in [-0.15, -0.1) is 0 Å². The number of aliphatic hydroxyl groups is 3. The largest absolute Gasteiger partial charge is 0.388 e. The summed E-state index contributed by atoms with van der Waals surface area (Å²) in [5, 5.41) is 28.1. The molecule has 3 N–H and O–H groups in total. The third-order valence-corrected chi connectivity index (χ3v) is 3.04. The van der Waals surface area contributed by atoms with Gasteiger partial charge < -0.3 is 20.1 Å². The van der Waals surface area contributed by atoms with E-state index in [4.69, 9.17) is 9.84 Å². The molecule has 12 heavy (non-hydrogen) atoms. The van der Waals surface area contributed by atoms with E-state index in [2.05, 4.69) is 0 Å². The van der Waals surface area contributed by atoms with Crippen molar-refractivity contribution in [3.8, 4) is 0 Å². The second-order valence-electron chi connectivity index (χ2n) is 3.87. The third-order valence-electron chi connectivity index (χ3n) is 3.04. The van der Waals surface area contributed by atoms with Crippen LogP contribution in [0.3, 0.4) is 0 Å². The summed E-state index contributed by atoms with van der Waals surface area (Å²) in [6.45, 7) is 2.09. The molecule has 4 heteroatoms. The zero-order valence-corrected chi connectivity index (χ0v) is 6.97. The molecule has 5 unspecified atom stereocenters. The quantitative estimate of drug-likeness (QED) is 0.435. The molecule has 2 aliphatic rings. The molecule has 1 heterocycles. The molecule has 1 aliphatic heterocycles. The molecule has 4 nitrogen and oxygen atoms in total. The topological polar surface area (TPSA) is 69.9 Å². The first kappa shape index (κ1) is 8.44. The molecule has 1 aliphatic carbocycles. The molecule has 1 spiro atoms. The number of rotatable bonds is 0. The first-order chi connectivity index (χ1) is 5.58. The van der Waals surface area contributed by atoms with Gasteiger partial charge in [-0.2, -0.15) is 0 Å². The molecule has 70 valence electrons. The van der Waals surface area contributed by atoms with Gasteiger partial charge in [-0.05, 0) is 12.3 Å². The molecule has 0 amide bonds. The Bertz CT molecular complexity index is 195. The van der Waals surface area contributed by atoms with Crippen LogP contribution in [0.5, 0.6) is 0 Å². The number of aliphatic hydroxyl groups excluding tert-OH is 3. The minimum Gasteiger partial charge on any atom is -0.388 e. The van der Waals surface area contributed by atoms with Crippen LogP contribution in [0.25, 0.3) is 0 Å². The van der Waals surface area contributed by atoms with Crippen LogP contribution in [-0.2, 0) is 4.74 Å². The highest BCUT2D eigenvalue weighted by Gasteiger charge is 2.62. The molecule has 0 bridgehead atoms. The van der Waals surface area contributed by atoms with Crippen LogP contribution >= 0.6 is 0 Å². The molecule has 0 aromatic rings. The van der Waals surface area contributed by atoms with Gasteiger partial charge in [-0.25, -0.2) is 0 Å². The molecule has 1 saturated carbocycles. The van der Waals surface area contributed by atoms with Crippen LogP contribution < -0.4 is 0 Å². The summed E-state index contributed by atoms with van der Waals surface area (Å²) in [4.78, 5) is 0. The first-order valence-electron chi connectivity index (χ1n) is 4.26. The molecule has 0 aromatic heterocycles. The van der Waals surface area contributed by atoms with Crippen LogP contribution in [-0.4, -0.2) is 45.8 Å². The average Bonchev–Trinajstić information content (AvgIpc) is 2.69. The molecular weight excluding hydrogens is 160 g/mol. The van der Waals surface area contributed by atoms with Crippen molar-refractivity contribution >= 4 is 0 Å². The van der Waals surface area contributed by atoms with Gasteiger partial charge in [-0.1, -0.05) is 6.92 Å². The van der Waals surface area contributed by atoms with Gasteiger partial charge in [-0.3, -0.25) is 0 Å². The fraction of sp³-hybridized carbons (Fsp3) is 1.00. The standard InChI is InChI=1S/C8H14O4/c1-4-2-8(4)7(11)6(10)5(9)3-12-8/h4-7,9-11H,2-3H2,1H3. The van der Waals surface area contributed by atoms with E-state index in [1.807, 2.05) is 6.92 Å². The van der Waals surface area contributed by atoms with Crippen molar-refractivity contribution in [3.05, 3.63) is 0 Å². The van der Waals surface area contributed by atoms with Gasteiger partial charge in [0.1, 0.15) is 18.3 Å². The summed E-state index contributed by atoms with van der Waals surface area (Å²) < 4.78 is 5.32. The third kappa shape index (κ3) is 0.925. The lowest BCUT2D eigenvalue weighted by molar-refractivity contribution is -0.203. The summed E-state index contributed by atoms with van der Waals surface area (Å²) in [7, 11) is 0. The Morgan fingerprint density at radius 3 is 2.42 bits per heavy atom. The predicted octanol–water partition coefficient (Wildman–Crippen LogP) is -1.12. The second-order valence-corrected chi connectivity index (χ2v) is 3.87. The molecule has 1 saturated heterocycles. The van der Waals surface area contributed by atoms with E-state index < -0.39 is 23.9 Å². The number of ether oxygens (including phenoxy) is 1. The van der Waals surface area contributed by atoms with Crippen molar-refractivity contribution in [2.75, 3.05) is 6.61 Å². The predicted molar refractivity (Wildman–Crippen MR) is 40.5 cm³/mol. The molecule has 5 atom stereocenters. The number of hydrogen-bond donors (Lipinski definition) is 3. The van der Waals surface area contributed by atoms with Crippen LogP contribution in [0.1, 0.15) is 13.3 Å².